The first-order valence-corrected chi connectivity index (χ1v) is 5.74. The molecule has 0 N–H and O–H groups in total. The van der Waals surface area contributed by atoms with E-state index in [0.717, 1.165) is 16.9 Å². The molecule has 5 heteroatoms. The molecule has 1 aromatic carbocycles. The van der Waals surface area contributed by atoms with Gasteiger partial charge in [0.05, 0.1) is 20.3 Å². The normalized spacial score (nSPS) is 19.2. The van der Waals surface area contributed by atoms with Crippen LogP contribution in [0.3, 0.4) is 0 Å². The maximum atomic E-state index is 12.0. The van der Waals surface area contributed by atoms with E-state index in [1.807, 2.05) is 19.1 Å². The van der Waals surface area contributed by atoms with Gasteiger partial charge in [-0.15, -0.1) is 0 Å². The summed E-state index contributed by atoms with van der Waals surface area (Å²) in [5.74, 6) is 1.12. The Labute approximate surface area is 105 Å². The standard InChI is InChI=1S/C13H14O5/c1-8-3-10-11(18-7-17-10)4-9(8)13(5-16-6-13)12(14)15-2/h3-4H,5-7H2,1-2H3. The van der Waals surface area contributed by atoms with Crippen LogP contribution < -0.4 is 9.47 Å². The number of hydrogen-bond donors (Lipinski definition) is 0. The summed E-state index contributed by atoms with van der Waals surface area (Å²) in [6.07, 6.45) is 0. The number of carbonyl (C=O) groups excluding carboxylic acids is 1. The molecule has 0 aliphatic carbocycles. The van der Waals surface area contributed by atoms with Gasteiger partial charge in [-0.1, -0.05) is 0 Å². The molecule has 0 bridgehead atoms. The van der Waals surface area contributed by atoms with Gasteiger partial charge in [0.15, 0.2) is 11.5 Å². The van der Waals surface area contributed by atoms with E-state index in [4.69, 9.17) is 18.9 Å². The summed E-state index contributed by atoms with van der Waals surface area (Å²) in [6.45, 7) is 2.86. The fourth-order valence-electron chi connectivity index (χ4n) is 2.44. The van der Waals surface area contributed by atoms with Gasteiger partial charge in [0.1, 0.15) is 5.41 Å². The van der Waals surface area contributed by atoms with Crippen LogP contribution in [0, 0.1) is 6.92 Å². The Hall–Kier alpha value is -1.75. The van der Waals surface area contributed by atoms with Crippen molar-refractivity contribution in [2.45, 2.75) is 12.3 Å². The van der Waals surface area contributed by atoms with Crippen molar-refractivity contribution in [3.63, 3.8) is 0 Å². The van der Waals surface area contributed by atoms with E-state index in [1.165, 1.54) is 7.11 Å². The average molecular weight is 250 g/mol. The topological polar surface area (TPSA) is 54.0 Å². The van der Waals surface area contributed by atoms with Crippen molar-refractivity contribution in [3.8, 4) is 11.5 Å². The van der Waals surface area contributed by atoms with Gasteiger partial charge in [-0.05, 0) is 30.2 Å². The monoisotopic (exact) mass is 250 g/mol. The third-order valence-corrected chi connectivity index (χ3v) is 3.51. The second-order valence-corrected chi connectivity index (χ2v) is 4.59. The molecule has 0 aromatic heterocycles. The van der Waals surface area contributed by atoms with Gasteiger partial charge in [0, 0.05) is 0 Å². The van der Waals surface area contributed by atoms with Crippen LogP contribution in [-0.4, -0.2) is 33.1 Å². The van der Waals surface area contributed by atoms with Crippen LogP contribution in [0.4, 0.5) is 0 Å². The van der Waals surface area contributed by atoms with E-state index in [1.54, 1.807) is 0 Å². The second kappa shape index (κ2) is 3.88. The largest absolute Gasteiger partial charge is 0.468 e. The number of fused-ring (bicyclic) bond motifs is 1. The van der Waals surface area contributed by atoms with E-state index in [-0.39, 0.29) is 12.8 Å². The van der Waals surface area contributed by atoms with Crippen molar-refractivity contribution in [1.82, 2.24) is 0 Å². The Morgan fingerprint density at radius 1 is 1.28 bits per heavy atom. The van der Waals surface area contributed by atoms with Gasteiger partial charge in [-0.25, -0.2) is 0 Å². The minimum Gasteiger partial charge on any atom is -0.468 e. The summed E-state index contributed by atoms with van der Waals surface area (Å²) >= 11 is 0. The number of aryl methyl sites for hydroxylation is 1. The van der Waals surface area contributed by atoms with Gasteiger partial charge in [0.2, 0.25) is 6.79 Å². The summed E-state index contributed by atoms with van der Waals surface area (Å²) in [5, 5.41) is 0. The van der Waals surface area contributed by atoms with E-state index in [0.29, 0.717) is 19.0 Å². The fourth-order valence-corrected chi connectivity index (χ4v) is 2.44. The molecule has 3 rings (SSSR count). The zero-order valence-corrected chi connectivity index (χ0v) is 10.3. The maximum Gasteiger partial charge on any atom is 0.321 e. The van der Waals surface area contributed by atoms with Crippen LogP contribution in [-0.2, 0) is 19.7 Å². The Morgan fingerprint density at radius 2 is 1.94 bits per heavy atom. The van der Waals surface area contributed by atoms with E-state index >= 15 is 0 Å². The van der Waals surface area contributed by atoms with E-state index < -0.39 is 5.41 Å². The van der Waals surface area contributed by atoms with Crippen LogP contribution in [0.15, 0.2) is 12.1 Å². The molecule has 96 valence electrons. The van der Waals surface area contributed by atoms with Crippen LogP contribution in [0.1, 0.15) is 11.1 Å². The van der Waals surface area contributed by atoms with Crippen molar-refractivity contribution >= 4 is 5.97 Å². The summed E-state index contributed by atoms with van der Waals surface area (Å²) in [5.41, 5.74) is 1.18. The SMILES string of the molecule is COC(=O)C1(c2cc3c(cc2C)OCO3)COC1. The van der Waals surface area contributed by atoms with Crippen molar-refractivity contribution in [3.05, 3.63) is 23.3 Å². The van der Waals surface area contributed by atoms with Crippen molar-refractivity contribution < 1.29 is 23.7 Å². The van der Waals surface area contributed by atoms with Crippen LogP contribution in [0.25, 0.3) is 0 Å². The highest BCUT2D eigenvalue weighted by Crippen LogP contribution is 2.42. The van der Waals surface area contributed by atoms with Crippen LogP contribution >= 0.6 is 0 Å². The Kier molecular flexibility index (Phi) is 2.45. The van der Waals surface area contributed by atoms with Crippen molar-refractivity contribution in [2.24, 2.45) is 0 Å². The van der Waals surface area contributed by atoms with Gasteiger partial charge < -0.3 is 18.9 Å². The zero-order valence-electron chi connectivity index (χ0n) is 10.3. The Bertz CT molecular complexity index is 504. The highest BCUT2D eigenvalue weighted by atomic mass is 16.7. The molecule has 0 radical (unpaired) electrons. The molecule has 0 unspecified atom stereocenters. The molecule has 2 heterocycles. The van der Waals surface area contributed by atoms with Gasteiger partial charge in [-0.2, -0.15) is 0 Å². The molecule has 5 nitrogen and oxygen atoms in total. The average Bonchev–Trinajstić information content (AvgIpc) is 2.74. The number of esters is 1. The molecule has 0 amide bonds. The first-order valence-electron chi connectivity index (χ1n) is 5.74. The highest BCUT2D eigenvalue weighted by molar-refractivity contribution is 5.85. The summed E-state index contributed by atoms with van der Waals surface area (Å²) < 4.78 is 20.8. The van der Waals surface area contributed by atoms with E-state index in [9.17, 15) is 4.79 Å². The third kappa shape index (κ3) is 1.40. The lowest BCUT2D eigenvalue weighted by molar-refractivity contribution is -0.166. The fraction of sp³-hybridized carbons (Fsp3) is 0.462. The van der Waals surface area contributed by atoms with Gasteiger partial charge in [0.25, 0.3) is 0 Å². The smallest absolute Gasteiger partial charge is 0.321 e. The highest BCUT2D eigenvalue weighted by Gasteiger charge is 2.50. The van der Waals surface area contributed by atoms with Crippen LogP contribution in [0.2, 0.25) is 0 Å². The molecule has 1 aromatic rings. The number of rotatable bonds is 2. The number of benzene rings is 1. The lowest BCUT2D eigenvalue weighted by Crippen LogP contribution is -2.54. The van der Waals surface area contributed by atoms with Gasteiger partial charge in [-0.3, -0.25) is 4.79 Å². The Balaban J connectivity index is 2.08. The molecule has 0 saturated carbocycles. The first-order chi connectivity index (χ1) is 8.67. The summed E-state index contributed by atoms with van der Waals surface area (Å²) in [6, 6.07) is 3.75. The predicted molar refractivity (Wildman–Crippen MR) is 61.8 cm³/mol. The molecule has 1 saturated heterocycles. The van der Waals surface area contributed by atoms with Gasteiger partial charge >= 0.3 is 5.97 Å². The molecule has 1 fully saturated rings. The number of methoxy groups -OCH3 is 1. The lowest BCUT2D eigenvalue weighted by Gasteiger charge is -2.39. The quantitative estimate of drug-likeness (QED) is 0.737. The summed E-state index contributed by atoms with van der Waals surface area (Å²) in [7, 11) is 1.39. The third-order valence-electron chi connectivity index (χ3n) is 3.51. The van der Waals surface area contributed by atoms with E-state index in [2.05, 4.69) is 0 Å². The first kappa shape index (κ1) is 11.3. The molecule has 0 atom stereocenters. The minimum absolute atomic E-state index is 0.222. The Morgan fingerprint density at radius 3 is 2.50 bits per heavy atom. The zero-order chi connectivity index (χ0) is 12.8. The molecule has 18 heavy (non-hydrogen) atoms. The molecule has 2 aliphatic rings. The van der Waals surface area contributed by atoms with Crippen LogP contribution in [0.5, 0.6) is 11.5 Å². The molecule has 2 aliphatic heterocycles. The second-order valence-electron chi connectivity index (χ2n) is 4.59. The maximum absolute atomic E-state index is 12.0. The molecular weight excluding hydrogens is 236 g/mol. The van der Waals surface area contributed by atoms with Crippen molar-refractivity contribution in [1.29, 1.82) is 0 Å². The minimum atomic E-state index is -0.695. The summed E-state index contributed by atoms with van der Waals surface area (Å²) in [4.78, 5) is 12.0. The predicted octanol–water partition coefficient (Wildman–Crippen LogP) is 1.16. The molecular formula is C13H14O5. The number of carbonyl (C=O) groups is 1. The lowest BCUT2D eigenvalue weighted by atomic mass is 9.76. The molecule has 0 spiro atoms. The van der Waals surface area contributed by atoms with Crippen molar-refractivity contribution in [2.75, 3.05) is 27.1 Å². The number of ether oxygens (including phenoxy) is 4. The number of hydrogen-bond acceptors (Lipinski definition) is 5.